The van der Waals surface area contributed by atoms with Crippen LogP contribution < -0.4 is 0 Å². The first-order chi connectivity index (χ1) is 9.80. The van der Waals surface area contributed by atoms with Crippen molar-refractivity contribution in [2.75, 3.05) is 0 Å². The van der Waals surface area contributed by atoms with Crippen LogP contribution in [0.4, 0.5) is 0 Å². The van der Waals surface area contributed by atoms with Crippen molar-refractivity contribution in [3.8, 4) is 0 Å². The maximum atomic E-state index is 6.18. The number of rotatable bonds is 0. The van der Waals surface area contributed by atoms with E-state index in [9.17, 15) is 0 Å². The molecule has 8 bridgehead atoms. The number of hydrogen-bond donors (Lipinski definition) is 0. The highest BCUT2D eigenvalue weighted by molar-refractivity contribution is 6.93. The molecule has 6 fully saturated rings. The van der Waals surface area contributed by atoms with E-state index in [4.69, 9.17) is 32.9 Å². The molecule has 0 aromatic heterocycles. The summed E-state index contributed by atoms with van der Waals surface area (Å²) in [5.74, 6) is 0. The lowest BCUT2D eigenvalue weighted by Gasteiger charge is -2.43. The van der Waals surface area contributed by atoms with E-state index in [-0.39, 0.29) is 0 Å². The predicted octanol–water partition coefficient (Wildman–Crippen LogP) is -1.75. The Bertz CT molecular complexity index is 250. The molecule has 0 unspecified atom stereocenters. The largest absolute Gasteiger partial charge is 0.414 e. The van der Waals surface area contributed by atoms with Crippen LogP contribution in [0.5, 0.6) is 0 Å². The van der Waals surface area contributed by atoms with E-state index in [2.05, 4.69) is 0 Å². The summed E-state index contributed by atoms with van der Waals surface area (Å²) >= 11 is 0. The quantitative estimate of drug-likeness (QED) is 0.437. The highest BCUT2D eigenvalue weighted by Crippen LogP contribution is 2.30. The zero-order valence-electron chi connectivity index (χ0n) is 10.1. The molecule has 8 radical (unpaired) electrons. The fourth-order valence-electron chi connectivity index (χ4n) is 2.23. The fraction of sp³-hybridized carbons (Fsp3) is 1.00. The van der Waals surface area contributed by atoms with Crippen LogP contribution in [0.2, 0.25) is 22.7 Å². The molecule has 6 rings (SSSR count). The molecule has 6 saturated heterocycles. The van der Waals surface area contributed by atoms with Crippen LogP contribution in [-0.2, 0) is 32.9 Å². The summed E-state index contributed by atoms with van der Waals surface area (Å²) < 4.78 is 49.3. The molecule has 104 valence electrons. The van der Waals surface area contributed by atoms with E-state index in [1.54, 1.807) is 0 Å². The van der Waals surface area contributed by atoms with Gasteiger partial charge in [-0.05, 0) is 0 Å². The lowest BCUT2D eigenvalue weighted by Crippen LogP contribution is -2.64. The Labute approximate surface area is 130 Å². The molecular formula is C4H8O8Si8. The van der Waals surface area contributed by atoms with Gasteiger partial charge in [-0.25, -0.2) is 0 Å². The molecule has 0 N–H and O–H groups in total. The summed E-state index contributed by atoms with van der Waals surface area (Å²) in [6.07, 6.45) is 0. The first-order valence-electron chi connectivity index (χ1n) is 6.09. The third-order valence-electron chi connectivity index (χ3n) is 2.98. The van der Waals surface area contributed by atoms with Gasteiger partial charge in [-0.3, -0.25) is 0 Å². The van der Waals surface area contributed by atoms with Crippen molar-refractivity contribution in [3.05, 3.63) is 0 Å². The Morgan fingerprint density at radius 2 is 0.450 bits per heavy atom. The molecule has 0 amide bonds. The molecule has 8 nitrogen and oxygen atoms in total. The molecule has 6 aliphatic rings. The van der Waals surface area contributed by atoms with Gasteiger partial charge >= 0.3 is 74.3 Å². The summed E-state index contributed by atoms with van der Waals surface area (Å²) in [5, 5.41) is 0. The van der Waals surface area contributed by atoms with Gasteiger partial charge in [0.2, 0.25) is 0 Å². The highest BCUT2D eigenvalue weighted by atomic mass is 28.5. The van der Waals surface area contributed by atoms with E-state index in [0.29, 0.717) is 0 Å². The molecule has 0 saturated carbocycles. The normalized spacial score (nSPS) is 36.0. The average Bonchev–Trinajstić information content (AvgIpc) is 2.18. The molecule has 0 aromatic rings. The maximum absolute atomic E-state index is 6.18. The molecule has 6 heterocycles. The van der Waals surface area contributed by atoms with Gasteiger partial charge in [0.25, 0.3) is 0 Å². The molecule has 0 aromatic carbocycles. The topological polar surface area (TPSA) is 73.8 Å². The Hall–Kier alpha value is 1.42. The molecule has 20 heavy (non-hydrogen) atoms. The first kappa shape index (κ1) is 13.8. The number of hydrogen-bond acceptors (Lipinski definition) is 8. The minimum absolute atomic E-state index is 0.793. The predicted molar refractivity (Wildman–Crippen MR) is 73.9 cm³/mol. The van der Waals surface area contributed by atoms with Crippen molar-refractivity contribution < 1.29 is 32.9 Å². The van der Waals surface area contributed by atoms with Crippen molar-refractivity contribution >= 4 is 74.3 Å². The van der Waals surface area contributed by atoms with Gasteiger partial charge in [0.1, 0.15) is 0 Å². The molecule has 16 heteroatoms. The van der Waals surface area contributed by atoms with Crippen LogP contribution in [-0.4, -0.2) is 74.3 Å². The summed E-state index contributed by atoms with van der Waals surface area (Å²) in [6, 6.07) is 0. The van der Waals surface area contributed by atoms with E-state index < -0.39 is 74.3 Å². The molecule has 6 aliphatic heterocycles. The summed E-state index contributed by atoms with van der Waals surface area (Å²) in [4.78, 5) is 0. The monoisotopic (exact) mass is 408 g/mol. The first-order valence-corrected chi connectivity index (χ1v) is 18.3. The van der Waals surface area contributed by atoms with Crippen molar-refractivity contribution in [1.82, 2.24) is 0 Å². The van der Waals surface area contributed by atoms with Crippen LogP contribution in [0.25, 0.3) is 0 Å². The molecule has 0 aliphatic carbocycles. The zero-order chi connectivity index (χ0) is 13.1. The van der Waals surface area contributed by atoms with Gasteiger partial charge in [0.05, 0.1) is 0 Å². The third kappa shape index (κ3) is 2.70. The van der Waals surface area contributed by atoms with E-state index in [1.165, 1.54) is 0 Å². The highest BCUT2D eigenvalue weighted by Gasteiger charge is 2.54. The van der Waals surface area contributed by atoms with Crippen molar-refractivity contribution in [2.24, 2.45) is 0 Å². The van der Waals surface area contributed by atoms with E-state index >= 15 is 0 Å². The Morgan fingerprint density at radius 1 is 0.300 bits per heavy atom. The van der Waals surface area contributed by atoms with Crippen LogP contribution in [0, 0.1) is 0 Å². The summed E-state index contributed by atoms with van der Waals surface area (Å²) in [6.45, 7) is 0. The van der Waals surface area contributed by atoms with E-state index in [0.717, 1.165) is 22.7 Å². The van der Waals surface area contributed by atoms with Gasteiger partial charge < -0.3 is 32.9 Å². The van der Waals surface area contributed by atoms with Crippen molar-refractivity contribution in [2.45, 2.75) is 22.7 Å². The van der Waals surface area contributed by atoms with Crippen molar-refractivity contribution in [3.63, 3.8) is 0 Å². The van der Waals surface area contributed by atoms with Gasteiger partial charge in [-0.1, -0.05) is 0 Å². The maximum Gasteiger partial charge on any atom is 0.367 e. The van der Waals surface area contributed by atoms with Gasteiger partial charge in [-0.15, -0.1) is 0 Å². The Balaban J connectivity index is 1.57. The van der Waals surface area contributed by atoms with E-state index in [1.807, 2.05) is 0 Å². The van der Waals surface area contributed by atoms with Gasteiger partial charge in [-0.2, -0.15) is 0 Å². The van der Waals surface area contributed by atoms with Gasteiger partial charge in [0.15, 0.2) is 0 Å². The lowest BCUT2D eigenvalue weighted by molar-refractivity contribution is 0.239. The summed E-state index contributed by atoms with van der Waals surface area (Å²) in [7, 11) is -11.0. The Morgan fingerprint density at radius 3 is 0.600 bits per heavy atom. The standard InChI is InChI=1S/C4H8O8Si8/c1-13-5-15-2-16-6-14(1)10-18-4-20(12-16)8-19(11-15)3-17(7-18)9-13/h1-4H2. The molecule has 0 spiro atoms. The van der Waals surface area contributed by atoms with Gasteiger partial charge in [0, 0.05) is 22.7 Å². The smallest absolute Gasteiger partial charge is 0.367 e. The van der Waals surface area contributed by atoms with Crippen LogP contribution in [0.15, 0.2) is 0 Å². The third-order valence-corrected chi connectivity index (χ3v) is 26.8. The second-order valence-electron chi connectivity index (χ2n) is 4.50. The SMILES string of the molecule is C1[Si]2O[Si]3C[Si]4O[Si]5C[Si](O3)O[Si]1O[Si](C[Si](O2)O4)O5. The lowest BCUT2D eigenvalue weighted by atomic mass is 11.9. The van der Waals surface area contributed by atoms with Crippen molar-refractivity contribution in [1.29, 1.82) is 0 Å². The van der Waals surface area contributed by atoms with Crippen LogP contribution >= 0.6 is 0 Å². The second kappa shape index (κ2) is 5.50. The minimum atomic E-state index is -1.38. The molecular weight excluding hydrogens is 401 g/mol. The fourth-order valence-corrected chi connectivity index (χ4v) is 33.5. The zero-order valence-corrected chi connectivity index (χ0v) is 18.1. The second-order valence-corrected chi connectivity index (χ2v) is 22.6. The van der Waals surface area contributed by atoms with Crippen LogP contribution in [0.3, 0.4) is 0 Å². The Kier molecular flexibility index (Phi) is 3.80. The average molecular weight is 409 g/mol. The minimum Gasteiger partial charge on any atom is -0.414 e. The molecule has 0 atom stereocenters. The van der Waals surface area contributed by atoms with Crippen LogP contribution in [0.1, 0.15) is 0 Å². The summed E-state index contributed by atoms with van der Waals surface area (Å²) in [5.41, 5.74) is 3.17.